The summed E-state index contributed by atoms with van der Waals surface area (Å²) < 4.78 is 5.26. The first kappa shape index (κ1) is 10.3. The number of hydrogen-bond acceptors (Lipinski definition) is 2. The van der Waals surface area contributed by atoms with Gasteiger partial charge in [-0.3, -0.25) is 0 Å². The van der Waals surface area contributed by atoms with Crippen LogP contribution in [-0.4, -0.2) is 31.8 Å². The fraction of sp³-hybridized carbons (Fsp3) is 0.889. The van der Waals surface area contributed by atoms with E-state index >= 15 is 0 Å². The molecule has 0 aromatic carbocycles. The molecule has 1 saturated carbocycles. The molecule has 2 amide bonds. The Hall–Kier alpha value is -0.770. The maximum Gasteiger partial charge on any atom is 0.315 e. The minimum Gasteiger partial charge on any atom is -0.379 e. The highest BCUT2D eigenvalue weighted by Gasteiger charge is 2.27. The van der Waals surface area contributed by atoms with Crippen molar-refractivity contribution in [2.45, 2.75) is 38.3 Å². The third-order valence-corrected chi connectivity index (χ3v) is 2.41. The van der Waals surface area contributed by atoms with E-state index in [1.54, 1.807) is 7.11 Å². The van der Waals surface area contributed by atoms with Gasteiger partial charge in [0.2, 0.25) is 0 Å². The molecule has 13 heavy (non-hydrogen) atoms. The van der Waals surface area contributed by atoms with Crippen LogP contribution in [0.15, 0.2) is 0 Å². The van der Waals surface area contributed by atoms with Gasteiger partial charge in [0.25, 0.3) is 0 Å². The second-order valence-electron chi connectivity index (χ2n) is 3.32. The standard InChI is InChI=1S/C9H18N2O2/c1-3-10-9(12)11-7-5-4-6-8(7)13-2/h7-8H,3-6H2,1-2H3,(H2,10,11,12)/t7-,8-/m0/s1. The van der Waals surface area contributed by atoms with Crippen LogP contribution in [0.25, 0.3) is 0 Å². The summed E-state index contributed by atoms with van der Waals surface area (Å²) in [7, 11) is 1.70. The molecule has 4 nitrogen and oxygen atoms in total. The van der Waals surface area contributed by atoms with Crippen molar-refractivity contribution < 1.29 is 9.53 Å². The highest BCUT2D eigenvalue weighted by Crippen LogP contribution is 2.21. The Kier molecular flexibility index (Phi) is 4.02. The lowest BCUT2D eigenvalue weighted by Crippen LogP contribution is -2.45. The quantitative estimate of drug-likeness (QED) is 0.687. The van der Waals surface area contributed by atoms with Gasteiger partial charge in [0.1, 0.15) is 0 Å². The van der Waals surface area contributed by atoms with Gasteiger partial charge < -0.3 is 15.4 Å². The van der Waals surface area contributed by atoms with Gasteiger partial charge in [-0.2, -0.15) is 0 Å². The second-order valence-corrected chi connectivity index (χ2v) is 3.32. The lowest BCUT2D eigenvalue weighted by Gasteiger charge is -2.19. The molecule has 0 bridgehead atoms. The molecule has 1 rings (SSSR count). The van der Waals surface area contributed by atoms with Gasteiger partial charge in [-0.25, -0.2) is 4.79 Å². The third kappa shape index (κ3) is 2.88. The average molecular weight is 186 g/mol. The van der Waals surface area contributed by atoms with Crippen LogP contribution in [0.4, 0.5) is 4.79 Å². The summed E-state index contributed by atoms with van der Waals surface area (Å²) in [6, 6.07) is 0.105. The lowest BCUT2D eigenvalue weighted by atomic mass is 10.2. The SMILES string of the molecule is CCNC(=O)N[C@H]1CCC[C@@H]1OC. The molecule has 0 spiro atoms. The van der Waals surface area contributed by atoms with Gasteiger partial charge in [0.15, 0.2) is 0 Å². The molecule has 0 saturated heterocycles. The number of urea groups is 1. The number of amides is 2. The van der Waals surface area contributed by atoms with Crippen molar-refractivity contribution in [3.05, 3.63) is 0 Å². The van der Waals surface area contributed by atoms with E-state index in [4.69, 9.17) is 4.74 Å². The predicted octanol–water partition coefficient (Wildman–Crippen LogP) is 0.873. The number of hydrogen-bond donors (Lipinski definition) is 2. The predicted molar refractivity (Wildman–Crippen MR) is 50.6 cm³/mol. The topological polar surface area (TPSA) is 50.4 Å². The smallest absolute Gasteiger partial charge is 0.315 e. The minimum atomic E-state index is -0.0866. The molecule has 0 aromatic rings. The van der Waals surface area contributed by atoms with E-state index in [0.29, 0.717) is 6.54 Å². The number of methoxy groups -OCH3 is 1. The molecule has 76 valence electrons. The van der Waals surface area contributed by atoms with Crippen molar-refractivity contribution in [2.75, 3.05) is 13.7 Å². The molecular formula is C9H18N2O2. The van der Waals surface area contributed by atoms with Gasteiger partial charge >= 0.3 is 6.03 Å². The molecule has 0 aromatic heterocycles. The normalized spacial score (nSPS) is 27.2. The lowest BCUT2D eigenvalue weighted by molar-refractivity contribution is 0.0875. The molecule has 2 N–H and O–H groups in total. The van der Waals surface area contributed by atoms with E-state index in [1.807, 2.05) is 6.92 Å². The van der Waals surface area contributed by atoms with E-state index in [0.717, 1.165) is 19.3 Å². The van der Waals surface area contributed by atoms with E-state index in [9.17, 15) is 4.79 Å². The van der Waals surface area contributed by atoms with Crippen molar-refractivity contribution >= 4 is 6.03 Å². The molecule has 1 fully saturated rings. The zero-order chi connectivity index (χ0) is 9.68. The molecule has 0 heterocycles. The summed E-state index contributed by atoms with van der Waals surface area (Å²) in [6.45, 7) is 2.57. The van der Waals surface area contributed by atoms with Crippen LogP contribution in [0.1, 0.15) is 26.2 Å². The van der Waals surface area contributed by atoms with E-state index in [1.165, 1.54) is 0 Å². The van der Waals surface area contributed by atoms with Gasteiger partial charge in [-0.1, -0.05) is 0 Å². The molecule has 1 aliphatic carbocycles. The molecule has 1 aliphatic rings. The highest BCUT2D eigenvalue weighted by atomic mass is 16.5. The largest absolute Gasteiger partial charge is 0.379 e. The van der Waals surface area contributed by atoms with Crippen molar-refractivity contribution in [1.82, 2.24) is 10.6 Å². The number of carbonyl (C=O) groups is 1. The Morgan fingerprint density at radius 2 is 2.31 bits per heavy atom. The maximum absolute atomic E-state index is 11.2. The van der Waals surface area contributed by atoms with Gasteiger partial charge in [0, 0.05) is 13.7 Å². The van der Waals surface area contributed by atoms with Crippen LogP contribution in [0.3, 0.4) is 0 Å². The summed E-state index contributed by atoms with van der Waals surface area (Å²) in [6.07, 6.45) is 3.40. The number of rotatable bonds is 3. The van der Waals surface area contributed by atoms with E-state index in [-0.39, 0.29) is 18.2 Å². The zero-order valence-corrected chi connectivity index (χ0v) is 8.30. The fourth-order valence-electron chi connectivity index (χ4n) is 1.75. The molecule has 0 radical (unpaired) electrons. The summed E-state index contributed by atoms with van der Waals surface area (Å²) in [5.41, 5.74) is 0. The first-order valence-electron chi connectivity index (χ1n) is 4.85. The van der Waals surface area contributed by atoms with Crippen LogP contribution in [0.5, 0.6) is 0 Å². The van der Waals surface area contributed by atoms with E-state index in [2.05, 4.69) is 10.6 Å². The summed E-state index contributed by atoms with van der Waals surface area (Å²) >= 11 is 0. The number of nitrogens with one attached hydrogen (secondary N) is 2. The van der Waals surface area contributed by atoms with Gasteiger partial charge in [-0.05, 0) is 26.2 Å². The van der Waals surface area contributed by atoms with Crippen LogP contribution in [0, 0.1) is 0 Å². The molecule has 0 aliphatic heterocycles. The van der Waals surface area contributed by atoms with Crippen LogP contribution in [-0.2, 0) is 4.74 Å². The van der Waals surface area contributed by atoms with E-state index < -0.39 is 0 Å². The monoisotopic (exact) mass is 186 g/mol. The minimum absolute atomic E-state index is 0.0866. The summed E-state index contributed by atoms with van der Waals surface area (Å²) in [5, 5.41) is 5.62. The first-order chi connectivity index (χ1) is 6.27. The second kappa shape index (κ2) is 5.07. The summed E-state index contributed by atoms with van der Waals surface area (Å²) in [5.74, 6) is 0. The Bertz CT molecular complexity index is 173. The maximum atomic E-state index is 11.2. The third-order valence-electron chi connectivity index (χ3n) is 2.41. The fourth-order valence-corrected chi connectivity index (χ4v) is 1.75. The van der Waals surface area contributed by atoms with Gasteiger partial charge in [-0.15, -0.1) is 0 Å². The van der Waals surface area contributed by atoms with Crippen molar-refractivity contribution in [2.24, 2.45) is 0 Å². The molecule has 4 heteroatoms. The first-order valence-corrected chi connectivity index (χ1v) is 4.85. The Labute approximate surface area is 79.0 Å². The average Bonchev–Trinajstić information content (AvgIpc) is 2.52. The van der Waals surface area contributed by atoms with Crippen LogP contribution in [0.2, 0.25) is 0 Å². The zero-order valence-electron chi connectivity index (χ0n) is 8.30. The van der Waals surface area contributed by atoms with Crippen molar-refractivity contribution in [1.29, 1.82) is 0 Å². The Morgan fingerprint density at radius 1 is 1.54 bits per heavy atom. The number of carbonyl (C=O) groups excluding carboxylic acids is 1. The Morgan fingerprint density at radius 3 is 2.92 bits per heavy atom. The molecule has 0 unspecified atom stereocenters. The molecular weight excluding hydrogens is 168 g/mol. The number of ether oxygens (including phenoxy) is 1. The van der Waals surface area contributed by atoms with Crippen LogP contribution < -0.4 is 10.6 Å². The van der Waals surface area contributed by atoms with Crippen molar-refractivity contribution in [3.63, 3.8) is 0 Å². The van der Waals surface area contributed by atoms with Crippen LogP contribution >= 0.6 is 0 Å². The van der Waals surface area contributed by atoms with Gasteiger partial charge in [0.05, 0.1) is 12.1 Å². The van der Waals surface area contributed by atoms with Crippen molar-refractivity contribution in [3.8, 4) is 0 Å². The summed E-state index contributed by atoms with van der Waals surface area (Å²) in [4.78, 5) is 11.2. The highest BCUT2D eigenvalue weighted by molar-refractivity contribution is 5.74. The molecule has 2 atom stereocenters. The Balaban J connectivity index is 2.30.